The fraction of sp³-hybridized carbons (Fsp3) is 0.500. The van der Waals surface area contributed by atoms with E-state index in [2.05, 4.69) is 5.32 Å². The lowest BCUT2D eigenvalue weighted by atomic mass is 10.1. The summed E-state index contributed by atoms with van der Waals surface area (Å²) in [6, 6.07) is 2.87. The van der Waals surface area contributed by atoms with Crippen molar-refractivity contribution in [1.29, 1.82) is 0 Å². The first-order valence-electron chi connectivity index (χ1n) is 5.48. The van der Waals surface area contributed by atoms with Crippen molar-refractivity contribution in [2.24, 2.45) is 0 Å². The van der Waals surface area contributed by atoms with E-state index in [9.17, 15) is 13.9 Å². The molecule has 0 saturated carbocycles. The van der Waals surface area contributed by atoms with Crippen LogP contribution < -0.4 is 5.32 Å². The second kappa shape index (κ2) is 6.64. The third-order valence-corrected chi connectivity index (χ3v) is 2.47. The van der Waals surface area contributed by atoms with Crippen LogP contribution in [0.25, 0.3) is 0 Å². The van der Waals surface area contributed by atoms with Gasteiger partial charge in [0.1, 0.15) is 11.6 Å². The highest BCUT2D eigenvalue weighted by atomic mass is 19.1. The summed E-state index contributed by atoms with van der Waals surface area (Å²) in [6.45, 7) is 1.17. The lowest BCUT2D eigenvalue weighted by Gasteiger charge is -2.19. The first-order valence-corrected chi connectivity index (χ1v) is 5.48. The van der Waals surface area contributed by atoms with Crippen LogP contribution >= 0.6 is 0 Å². The van der Waals surface area contributed by atoms with Crippen molar-refractivity contribution in [3.05, 3.63) is 35.4 Å². The van der Waals surface area contributed by atoms with E-state index in [1.54, 1.807) is 0 Å². The smallest absolute Gasteiger partial charge is 0.130 e. The van der Waals surface area contributed by atoms with E-state index < -0.39 is 17.7 Å². The number of halogens is 2. The molecule has 2 N–H and O–H groups in total. The molecule has 0 saturated heterocycles. The zero-order chi connectivity index (χ0) is 12.8. The molecule has 0 amide bonds. The standard InChI is InChI=1S/C12H18F2N2O/c1-16(2)6-5-15-12(8-17)10-4-3-9(13)7-11(10)14/h3-4,7,12,15,17H,5-6,8H2,1-2H3. The lowest BCUT2D eigenvalue weighted by molar-refractivity contribution is 0.237. The summed E-state index contributed by atoms with van der Waals surface area (Å²) in [5.74, 6) is -1.25. The first-order chi connectivity index (χ1) is 8.04. The van der Waals surface area contributed by atoms with Crippen LogP contribution in [-0.4, -0.2) is 43.8 Å². The summed E-state index contributed by atoms with van der Waals surface area (Å²) < 4.78 is 26.2. The van der Waals surface area contributed by atoms with Gasteiger partial charge in [-0.15, -0.1) is 0 Å². The fourth-order valence-corrected chi connectivity index (χ4v) is 1.52. The molecule has 5 heteroatoms. The van der Waals surface area contributed by atoms with Gasteiger partial charge in [0.2, 0.25) is 0 Å². The Morgan fingerprint density at radius 1 is 1.35 bits per heavy atom. The van der Waals surface area contributed by atoms with E-state index in [1.807, 2.05) is 19.0 Å². The number of hydrogen-bond donors (Lipinski definition) is 2. The Kier molecular flexibility index (Phi) is 5.47. The van der Waals surface area contributed by atoms with Gasteiger partial charge in [-0.25, -0.2) is 8.78 Å². The average Bonchev–Trinajstić information content (AvgIpc) is 2.25. The lowest BCUT2D eigenvalue weighted by Crippen LogP contribution is -2.32. The van der Waals surface area contributed by atoms with Gasteiger partial charge in [-0.1, -0.05) is 6.07 Å². The van der Waals surface area contributed by atoms with Crippen molar-refractivity contribution in [2.45, 2.75) is 6.04 Å². The SMILES string of the molecule is CN(C)CCNC(CO)c1ccc(F)cc1F. The summed E-state index contributed by atoms with van der Waals surface area (Å²) in [5, 5.41) is 12.2. The predicted molar refractivity (Wildman–Crippen MR) is 62.7 cm³/mol. The molecule has 0 heterocycles. The van der Waals surface area contributed by atoms with Crippen LogP contribution in [0, 0.1) is 11.6 Å². The highest BCUT2D eigenvalue weighted by molar-refractivity contribution is 5.22. The number of nitrogens with zero attached hydrogens (tertiary/aromatic N) is 1. The number of hydrogen-bond acceptors (Lipinski definition) is 3. The summed E-state index contributed by atoms with van der Waals surface area (Å²) in [6.07, 6.45) is 0. The Labute approximate surface area is 100 Å². The van der Waals surface area contributed by atoms with E-state index in [1.165, 1.54) is 12.1 Å². The summed E-state index contributed by atoms with van der Waals surface area (Å²) in [4.78, 5) is 1.97. The molecular weight excluding hydrogens is 226 g/mol. The van der Waals surface area contributed by atoms with Crippen LogP contribution in [-0.2, 0) is 0 Å². The van der Waals surface area contributed by atoms with Gasteiger partial charge in [0.15, 0.2) is 0 Å². The molecule has 1 aromatic carbocycles. The molecule has 0 aromatic heterocycles. The van der Waals surface area contributed by atoms with Crippen molar-refractivity contribution < 1.29 is 13.9 Å². The van der Waals surface area contributed by atoms with Gasteiger partial charge < -0.3 is 15.3 Å². The van der Waals surface area contributed by atoms with Crippen LogP contribution in [0.3, 0.4) is 0 Å². The Balaban J connectivity index is 2.66. The van der Waals surface area contributed by atoms with Crippen LogP contribution in [0.15, 0.2) is 18.2 Å². The van der Waals surface area contributed by atoms with Crippen molar-refractivity contribution in [3.8, 4) is 0 Å². The summed E-state index contributed by atoms with van der Waals surface area (Å²) >= 11 is 0. The molecule has 3 nitrogen and oxygen atoms in total. The van der Waals surface area contributed by atoms with E-state index in [-0.39, 0.29) is 12.2 Å². The van der Waals surface area contributed by atoms with Crippen molar-refractivity contribution >= 4 is 0 Å². The minimum absolute atomic E-state index is 0.226. The first kappa shape index (κ1) is 14.0. The molecule has 1 atom stereocenters. The maximum atomic E-state index is 13.5. The number of rotatable bonds is 6. The number of likely N-dealkylation sites (N-methyl/N-ethyl adjacent to an activating group) is 1. The molecule has 17 heavy (non-hydrogen) atoms. The minimum atomic E-state index is -0.638. The van der Waals surface area contributed by atoms with Gasteiger partial charge in [-0.2, -0.15) is 0 Å². The Morgan fingerprint density at radius 2 is 2.06 bits per heavy atom. The molecule has 0 aliphatic heterocycles. The third-order valence-electron chi connectivity index (χ3n) is 2.47. The van der Waals surface area contributed by atoms with Gasteiger partial charge >= 0.3 is 0 Å². The molecule has 0 radical (unpaired) electrons. The highest BCUT2D eigenvalue weighted by Gasteiger charge is 2.14. The molecule has 1 rings (SSSR count). The van der Waals surface area contributed by atoms with Crippen molar-refractivity contribution in [1.82, 2.24) is 10.2 Å². The maximum absolute atomic E-state index is 13.5. The molecule has 0 spiro atoms. The zero-order valence-electron chi connectivity index (χ0n) is 10.1. The number of benzene rings is 1. The largest absolute Gasteiger partial charge is 0.394 e. The molecule has 96 valence electrons. The summed E-state index contributed by atoms with van der Waals surface area (Å²) in [7, 11) is 3.85. The van der Waals surface area contributed by atoms with Gasteiger partial charge in [0.05, 0.1) is 12.6 Å². The van der Waals surface area contributed by atoms with E-state index in [0.717, 1.165) is 12.6 Å². The number of nitrogens with one attached hydrogen (secondary N) is 1. The highest BCUT2D eigenvalue weighted by Crippen LogP contribution is 2.17. The number of aliphatic hydroxyl groups excluding tert-OH is 1. The summed E-state index contributed by atoms with van der Waals surface area (Å²) in [5.41, 5.74) is 0.285. The van der Waals surface area contributed by atoms with Crippen LogP contribution in [0.5, 0.6) is 0 Å². The fourth-order valence-electron chi connectivity index (χ4n) is 1.52. The van der Waals surface area contributed by atoms with Gasteiger partial charge in [-0.05, 0) is 20.2 Å². The molecule has 0 aliphatic carbocycles. The minimum Gasteiger partial charge on any atom is -0.394 e. The van der Waals surface area contributed by atoms with Crippen LogP contribution in [0.4, 0.5) is 8.78 Å². The van der Waals surface area contributed by atoms with E-state index >= 15 is 0 Å². The molecule has 0 aliphatic rings. The average molecular weight is 244 g/mol. The van der Waals surface area contributed by atoms with Crippen molar-refractivity contribution in [2.75, 3.05) is 33.8 Å². The quantitative estimate of drug-likeness (QED) is 0.788. The monoisotopic (exact) mass is 244 g/mol. The van der Waals surface area contributed by atoms with Gasteiger partial charge in [0.25, 0.3) is 0 Å². The molecule has 1 aromatic rings. The Hall–Kier alpha value is -1.04. The maximum Gasteiger partial charge on any atom is 0.130 e. The number of aliphatic hydroxyl groups is 1. The molecular formula is C12H18F2N2O. The third kappa shape index (κ3) is 4.38. The second-order valence-corrected chi connectivity index (χ2v) is 4.16. The van der Waals surface area contributed by atoms with Crippen molar-refractivity contribution in [3.63, 3.8) is 0 Å². The Morgan fingerprint density at radius 3 is 2.59 bits per heavy atom. The zero-order valence-corrected chi connectivity index (χ0v) is 10.1. The van der Waals surface area contributed by atoms with Crippen LogP contribution in [0.1, 0.15) is 11.6 Å². The normalized spacial score (nSPS) is 13.1. The van der Waals surface area contributed by atoms with E-state index in [0.29, 0.717) is 6.54 Å². The topological polar surface area (TPSA) is 35.5 Å². The molecule has 1 unspecified atom stereocenters. The van der Waals surface area contributed by atoms with Gasteiger partial charge in [0, 0.05) is 24.7 Å². The van der Waals surface area contributed by atoms with E-state index in [4.69, 9.17) is 0 Å². The second-order valence-electron chi connectivity index (χ2n) is 4.16. The Bertz CT molecular complexity index is 358. The molecule has 0 fully saturated rings. The predicted octanol–water partition coefficient (Wildman–Crippen LogP) is 1.15. The molecule has 0 bridgehead atoms. The van der Waals surface area contributed by atoms with Gasteiger partial charge in [-0.3, -0.25) is 0 Å². The van der Waals surface area contributed by atoms with Crippen LogP contribution in [0.2, 0.25) is 0 Å².